The number of anilines is 1. The van der Waals surface area contributed by atoms with Gasteiger partial charge >= 0.3 is 6.03 Å². The van der Waals surface area contributed by atoms with Crippen LogP contribution in [-0.4, -0.2) is 43.2 Å². The Bertz CT molecular complexity index is 1080. The molecule has 30 heavy (non-hydrogen) atoms. The molecule has 0 saturated carbocycles. The van der Waals surface area contributed by atoms with Gasteiger partial charge in [0.25, 0.3) is 5.91 Å². The van der Waals surface area contributed by atoms with Crippen molar-refractivity contribution in [1.29, 1.82) is 0 Å². The number of carbonyl (C=O) groups excluding carboxylic acids is 3. The standard InChI is InChI=1S/C21H19N3O6/c1-12-5-3-4-6-14(12)22-19(25)10-24-20(26)15(23-21(24)27)7-13-8-17-18(30-11-29-17)9-16(13)28-2/h3-9H,10-11H2,1-2H3,(H,22,25)(H,23,27)/b15-7+. The number of nitrogens with one attached hydrogen (secondary N) is 2. The molecule has 2 heterocycles. The van der Waals surface area contributed by atoms with Gasteiger partial charge in [-0.1, -0.05) is 18.2 Å². The minimum Gasteiger partial charge on any atom is -0.496 e. The summed E-state index contributed by atoms with van der Waals surface area (Å²) in [7, 11) is 1.48. The van der Waals surface area contributed by atoms with Crippen molar-refractivity contribution >= 4 is 29.6 Å². The van der Waals surface area contributed by atoms with Gasteiger partial charge < -0.3 is 24.8 Å². The Morgan fingerprint density at radius 1 is 1.23 bits per heavy atom. The van der Waals surface area contributed by atoms with E-state index >= 15 is 0 Å². The average Bonchev–Trinajstić information content (AvgIpc) is 3.28. The number of nitrogens with zero attached hydrogens (tertiary/aromatic N) is 1. The maximum absolute atomic E-state index is 12.7. The first-order valence-corrected chi connectivity index (χ1v) is 9.14. The highest BCUT2D eigenvalue weighted by atomic mass is 16.7. The Labute approximate surface area is 172 Å². The van der Waals surface area contributed by atoms with E-state index in [0.29, 0.717) is 28.5 Å². The first-order valence-electron chi connectivity index (χ1n) is 9.14. The molecule has 4 amide bonds. The van der Waals surface area contributed by atoms with Crippen LogP contribution in [0.1, 0.15) is 11.1 Å². The van der Waals surface area contributed by atoms with E-state index in [1.54, 1.807) is 24.3 Å². The molecule has 154 valence electrons. The zero-order valence-corrected chi connectivity index (χ0v) is 16.4. The molecule has 4 rings (SSSR count). The number of urea groups is 1. The van der Waals surface area contributed by atoms with Crippen molar-refractivity contribution in [1.82, 2.24) is 10.2 Å². The number of methoxy groups -OCH3 is 1. The fraction of sp³-hybridized carbons (Fsp3) is 0.190. The molecule has 9 nitrogen and oxygen atoms in total. The third-order valence-electron chi connectivity index (χ3n) is 4.71. The van der Waals surface area contributed by atoms with E-state index in [4.69, 9.17) is 14.2 Å². The molecule has 2 aliphatic rings. The van der Waals surface area contributed by atoms with Crippen LogP contribution in [0, 0.1) is 6.92 Å². The Hall–Kier alpha value is -4.01. The quantitative estimate of drug-likeness (QED) is 0.580. The molecule has 0 atom stereocenters. The van der Waals surface area contributed by atoms with Crippen LogP contribution < -0.4 is 24.8 Å². The average molecular weight is 409 g/mol. The van der Waals surface area contributed by atoms with Crippen LogP contribution in [0.25, 0.3) is 6.08 Å². The molecule has 0 bridgehead atoms. The number of hydrogen-bond acceptors (Lipinski definition) is 6. The third-order valence-corrected chi connectivity index (χ3v) is 4.71. The summed E-state index contributed by atoms with van der Waals surface area (Å²) < 4.78 is 16.0. The molecule has 0 radical (unpaired) electrons. The van der Waals surface area contributed by atoms with Gasteiger partial charge in [-0.25, -0.2) is 9.69 Å². The molecule has 2 aromatic carbocycles. The lowest BCUT2D eigenvalue weighted by atomic mass is 10.1. The van der Waals surface area contributed by atoms with Crippen molar-refractivity contribution in [2.45, 2.75) is 6.92 Å². The Morgan fingerprint density at radius 3 is 2.70 bits per heavy atom. The van der Waals surface area contributed by atoms with Crippen LogP contribution >= 0.6 is 0 Å². The lowest BCUT2D eigenvalue weighted by Crippen LogP contribution is -2.38. The lowest BCUT2D eigenvalue weighted by Gasteiger charge is -2.13. The lowest BCUT2D eigenvalue weighted by molar-refractivity contribution is -0.127. The number of benzene rings is 2. The summed E-state index contributed by atoms with van der Waals surface area (Å²) in [5.41, 5.74) is 2.05. The normalized spacial score (nSPS) is 16.1. The first kappa shape index (κ1) is 19.3. The van der Waals surface area contributed by atoms with E-state index in [-0.39, 0.29) is 12.5 Å². The molecule has 0 aliphatic carbocycles. The largest absolute Gasteiger partial charge is 0.496 e. The summed E-state index contributed by atoms with van der Waals surface area (Å²) in [6.07, 6.45) is 1.47. The predicted octanol–water partition coefficient (Wildman–Crippen LogP) is 2.26. The van der Waals surface area contributed by atoms with Crippen molar-refractivity contribution in [3.8, 4) is 17.2 Å². The Balaban J connectivity index is 1.52. The minimum atomic E-state index is -0.675. The van der Waals surface area contributed by atoms with E-state index in [0.717, 1.165) is 10.5 Å². The van der Waals surface area contributed by atoms with Crippen LogP contribution in [-0.2, 0) is 9.59 Å². The zero-order chi connectivity index (χ0) is 21.3. The molecule has 0 aromatic heterocycles. The molecular weight excluding hydrogens is 390 g/mol. The number of fused-ring (bicyclic) bond motifs is 1. The summed E-state index contributed by atoms with van der Waals surface area (Å²) in [4.78, 5) is 38.2. The van der Waals surface area contributed by atoms with E-state index < -0.39 is 24.4 Å². The molecular formula is C21H19N3O6. The number of aryl methyl sites for hydroxylation is 1. The number of rotatable bonds is 5. The second-order valence-electron chi connectivity index (χ2n) is 6.69. The SMILES string of the molecule is COc1cc2c(cc1/C=C1/NC(=O)N(CC(=O)Nc3ccccc3C)C1=O)OCO2. The van der Waals surface area contributed by atoms with Crippen LogP contribution in [0.4, 0.5) is 10.5 Å². The molecule has 2 aromatic rings. The van der Waals surface area contributed by atoms with E-state index in [1.165, 1.54) is 13.2 Å². The van der Waals surface area contributed by atoms with Crippen LogP contribution in [0.5, 0.6) is 17.2 Å². The summed E-state index contributed by atoms with van der Waals surface area (Å²) in [5, 5.41) is 5.20. The maximum Gasteiger partial charge on any atom is 0.329 e. The predicted molar refractivity (Wildman–Crippen MR) is 107 cm³/mol. The van der Waals surface area contributed by atoms with Crippen molar-refractivity contribution in [3.63, 3.8) is 0 Å². The fourth-order valence-electron chi connectivity index (χ4n) is 3.15. The topological polar surface area (TPSA) is 106 Å². The van der Waals surface area contributed by atoms with Gasteiger partial charge in [0.1, 0.15) is 18.0 Å². The summed E-state index contributed by atoms with van der Waals surface area (Å²) in [6.45, 7) is 1.54. The monoisotopic (exact) mass is 409 g/mol. The summed E-state index contributed by atoms with van der Waals surface area (Å²) in [6, 6.07) is 9.86. The second-order valence-corrected chi connectivity index (χ2v) is 6.69. The highest BCUT2D eigenvalue weighted by Gasteiger charge is 2.35. The fourth-order valence-corrected chi connectivity index (χ4v) is 3.15. The van der Waals surface area contributed by atoms with E-state index in [2.05, 4.69) is 10.6 Å². The number of ether oxygens (including phenoxy) is 3. The molecule has 2 N–H and O–H groups in total. The molecule has 1 saturated heterocycles. The molecule has 2 aliphatic heterocycles. The van der Waals surface area contributed by atoms with E-state index in [9.17, 15) is 14.4 Å². The smallest absolute Gasteiger partial charge is 0.329 e. The van der Waals surface area contributed by atoms with Gasteiger partial charge in [-0.15, -0.1) is 0 Å². The highest BCUT2D eigenvalue weighted by molar-refractivity contribution is 6.16. The maximum atomic E-state index is 12.7. The molecule has 9 heteroatoms. The van der Waals surface area contributed by atoms with Gasteiger partial charge in [0.05, 0.1) is 7.11 Å². The van der Waals surface area contributed by atoms with Crippen LogP contribution in [0.15, 0.2) is 42.1 Å². The number of imide groups is 1. The molecule has 0 spiro atoms. The van der Waals surface area contributed by atoms with Gasteiger partial charge in [0.15, 0.2) is 11.5 Å². The van der Waals surface area contributed by atoms with E-state index in [1.807, 2.05) is 19.1 Å². The van der Waals surface area contributed by atoms with Crippen molar-refractivity contribution in [3.05, 3.63) is 53.2 Å². The number of para-hydroxylation sites is 1. The summed E-state index contributed by atoms with van der Waals surface area (Å²) in [5.74, 6) is 0.401. The molecule has 0 unspecified atom stereocenters. The zero-order valence-electron chi connectivity index (χ0n) is 16.4. The number of carbonyl (C=O) groups is 3. The second kappa shape index (κ2) is 7.78. The van der Waals surface area contributed by atoms with Crippen molar-refractivity contribution in [2.24, 2.45) is 0 Å². The van der Waals surface area contributed by atoms with Crippen molar-refractivity contribution < 1.29 is 28.6 Å². The number of hydrogen-bond donors (Lipinski definition) is 2. The van der Waals surface area contributed by atoms with Gasteiger partial charge in [0, 0.05) is 17.3 Å². The van der Waals surface area contributed by atoms with Gasteiger partial charge in [-0.3, -0.25) is 9.59 Å². The van der Waals surface area contributed by atoms with Gasteiger partial charge in [-0.05, 0) is 30.7 Å². The number of amides is 4. The minimum absolute atomic E-state index is 0.0286. The Kier molecular flexibility index (Phi) is 5.01. The van der Waals surface area contributed by atoms with Crippen LogP contribution in [0.3, 0.4) is 0 Å². The van der Waals surface area contributed by atoms with Crippen LogP contribution in [0.2, 0.25) is 0 Å². The highest BCUT2D eigenvalue weighted by Crippen LogP contribution is 2.39. The Morgan fingerprint density at radius 2 is 1.97 bits per heavy atom. The first-order chi connectivity index (χ1) is 14.5. The van der Waals surface area contributed by atoms with Gasteiger partial charge in [0.2, 0.25) is 12.7 Å². The van der Waals surface area contributed by atoms with Gasteiger partial charge in [-0.2, -0.15) is 0 Å². The third kappa shape index (κ3) is 3.64. The van der Waals surface area contributed by atoms with Crippen molar-refractivity contribution in [2.75, 3.05) is 25.8 Å². The molecule has 1 fully saturated rings. The summed E-state index contributed by atoms with van der Waals surface area (Å²) >= 11 is 0.